The van der Waals surface area contributed by atoms with Crippen molar-refractivity contribution >= 4 is 13.8 Å². The maximum atomic E-state index is 5.68. The Morgan fingerprint density at radius 3 is 2.08 bits per heavy atom. The maximum Gasteiger partial charge on any atom is 0.323 e. The Bertz CT molecular complexity index is 177. The Kier molecular flexibility index (Phi) is 3.90. The van der Waals surface area contributed by atoms with E-state index in [1.807, 2.05) is 0 Å². The van der Waals surface area contributed by atoms with E-state index < -0.39 is 0 Å². The zero-order chi connectivity index (χ0) is 9.90. The molecule has 1 unspecified atom stereocenters. The molecule has 1 fully saturated rings. The standard InChI is InChI=1S/C10H20O2P/c1-5-10(6-2)7-11-9(12-8-10)13(3)4/h9H,3,5-8H2,1-2,4H3/q+1. The van der Waals surface area contributed by atoms with Crippen LogP contribution in [0.2, 0.25) is 0 Å². The average Bonchev–Trinajstić information content (AvgIpc) is 2.18. The van der Waals surface area contributed by atoms with E-state index in [9.17, 15) is 0 Å². The molecule has 1 rings (SSSR count). The lowest BCUT2D eigenvalue weighted by molar-refractivity contribution is -0.189. The third-order valence-electron chi connectivity index (χ3n) is 2.92. The van der Waals surface area contributed by atoms with Crippen molar-refractivity contribution in [1.82, 2.24) is 0 Å². The summed E-state index contributed by atoms with van der Waals surface area (Å²) in [6, 6.07) is -0.0266. The van der Waals surface area contributed by atoms with Crippen molar-refractivity contribution in [3.05, 3.63) is 0 Å². The molecular formula is C10H20O2P+. The van der Waals surface area contributed by atoms with Crippen LogP contribution in [0.5, 0.6) is 0 Å². The average molecular weight is 203 g/mol. The lowest BCUT2D eigenvalue weighted by Crippen LogP contribution is -2.39. The van der Waals surface area contributed by atoms with Crippen LogP contribution in [0.3, 0.4) is 0 Å². The number of rotatable bonds is 3. The van der Waals surface area contributed by atoms with Gasteiger partial charge in [0.15, 0.2) is 0 Å². The molecule has 0 N–H and O–H groups in total. The predicted octanol–water partition coefficient (Wildman–Crippen LogP) is 2.67. The fraction of sp³-hybridized carbons (Fsp3) is 0.900. The summed E-state index contributed by atoms with van der Waals surface area (Å²) >= 11 is 0. The van der Waals surface area contributed by atoms with Gasteiger partial charge in [0, 0.05) is 5.41 Å². The Morgan fingerprint density at radius 2 is 1.77 bits per heavy atom. The van der Waals surface area contributed by atoms with Crippen LogP contribution in [-0.2, 0) is 9.47 Å². The fourth-order valence-corrected chi connectivity index (χ4v) is 2.16. The molecule has 0 aromatic rings. The molecule has 0 aromatic carbocycles. The van der Waals surface area contributed by atoms with Crippen molar-refractivity contribution in [2.45, 2.75) is 32.7 Å². The van der Waals surface area contributed by atoms with Crippen LogP contribution in [0.4, 0.5) is 0 Å². The normalized spacial score (nSPS) is 24.4. The molecule has 3 heteroatoms. The summed E-state index contributed by atoms with van der Waals surface area (Å²) < 4.78 is 11.4. The summed E-state index contributed by atoms with van der Waals surface area (Å²) in [6.07, 6.45) is 6.24. The van der Waals surface area contributed by atoms with E-state index in [0.717, 1.165) is 26.1 Å². The van der Waals surface area contributed by atoms with Gasteiger partial charge in [0.2, 0.25) is 0 Å². The van der Waals surface area contributed by atoms with Crippen LogP contribution < -0.4 is 0 Å². The molecule has 0 bridgehead atoms. The van der Waals surface area contributed by atoms with E-state index in [4.69, 9.17) is 9.47 Å². The van der Waals surface area contributed by atoms with Crippen LogP contribution in [0.15, 0.2) is 0 Å². The van der Waals surface area contributed by atoms with Crippen molar-refractivity contribution in [1.29, 1.82) is 0 Å². The highest BCUT2D eigenvalue weighted by atomic mass is 31.1. The van der Waals surface area contributed by atoms with E-state index in [2.05, 4.69) is 26.8 Å². The summed E-state index contributed by atoms with van der Waals surface area (Å²) in [4.78, 5) is 0. The second-order valence-electron chi connectivity index (χ2n) is 3.89. The molecule has 1 aliphatic rings. The molecule has 1 atom stereocenters. The highest BCUT2D eigenvalue weighted by molar-refractivity contribution is 7.55. The zero-order valence-corrected chi connectivity index (χ0v) is 9.77. The van der Waals surface area contributed by atoms with Gasteiger partial charge in [-0.3, -0.25) is 0 Å². The Balaban J connectivity index is 2.50. The summed E-state index contributed by atoms with van der Waals surface area (Å²) in [6.45, 7) is 8.18. The Morgan fingerprint density at radius 1 is 1.31 bits per heavy atom. The van der Waals surface area contributed by atoms with Crippen LogP contribution in [0.25, 0.3) is 0 Å². The summed E-state index contributed by atoms with van der Waals surface area (Å²) in [7, 11) is -0.365. The molecule has 0 aliphatic carbocycles. The van der Waals surface area contributed by atoms with Crippen LogP contribution in [0.1, 0.15) is 26.7 Å². The van der Waals surface area contributed by atoms with E-state index in [1.165, 1.54) is 0 Å². The molecule has 76 valence electrons. The third-order valence-corrected chi connectivity index (χ3v) is 3.94. The second-order valence-corrected chi connectivity index (χ2v) is 5.83. The lowest BCUT2D eigenvalue weighted by Gasteiger charge is -2.36. The fourth-order valence-electron chi connectivity index (χ4n) is 1.50. The minimum absolute atomic E-state index is 0.0266. The Labute approximate surface area is 82.0 Å². The Hall–Kier alpha value is 0.0900. The molecule has 0 spiro atoms. The van der Waals surface area contributed by atoms with Crippen molar-refractivity contribution in [2.75, 3.05) is 19.9 Å². The number of hydrogen-bond acceptors (Lipinski definition) is 2. The molecule has 2 nitrogen and oxygen atoms in total. The largest absolute Gasteiger partial charge is 0.323 e. The first-order chi connectivity index (χ1) is 6.13. The first-order valence-corrected chi connectivity index (χ1v) is 6.94. The van der Waals surface area contributed by atoms with Gasteiger partial charge >= 0.3 is 6.03 Å². The van der Waals surface area contributed by atoms with Crippen molar-refractivity contribution < 1.29 is 9.47 Å². The highest BCUT2D eigenvalue weighted by Crippen LogP contribution is 2.37. The molecule has 0 saturated carbocycles. The van der Waals surface area contributed by atoms with Crippen molar-refractivity contribution in [3.63, 3.8) is 0 Å². The first-order valence-electron chi connectivity index (χ1n) is 4.90. The molecule has 0 amide bonds. The third kappa shape index (κ3) is 2.52. The summed E-state index contributed by atoms with van der Waals surface area (Å²) in [5.74, 6) is 0. The van der Waals surface area contributed by atoms with Crippen molar-refractivity contribution in [2.24, 2.45) is 5.41 Å². The van der Waals surface area contributed by atoms with E-state index in [1.54, 1.807) is 0 Å². The molecule has 1 saturated heterocycles. The van der Waals surface area contributed by atoms with Gasteiger partial charge in [-0.15, -0.1) is 0 Å². The highest BCUT2D eigenvalue weighted by Gasteiger charge is 2.37. The quantitative estimate of drug-likeness (QED) is 0.656. The van der Waals surface area contributed by atoms with Gasteiger partial charge in [0.1, 0.15) is 14.2 Å². The van der Waals surface area contributed by atoms with Gasteiger partial charge in [-0.1, -0.05) is 13.8 Å². The van der Waals surface area contributed by atoms with Gasteiger partial charge in [-0.25, -0.2) is 0 Å². The van der Waals surface area contributed by atoms with E-state index in [0.29, 0.717) is 0 Å². The molecule has 0 radical (unpaired) electrons. The summed E-state index contributed by atoms with van der Waals surface area (Å²) in [5.41, 5.74) is 0.266. The predicted molar refractivity (Wildman–Crippen MR) is 58.7 cm³/mol. The topological polar surface area (TPSA) is 18.5 Å². The smallest absolute Gasteiger partial charge is 0.315 e. The van der Waals surface area contributed by atoms with Gasteiger partial charge in [0.05, 0.1) is 19.5 Å². The SMILES string of the molecule is C=[P+](C)C1OCC(CC)(CC)CO1. The van der Waals surface area contributed by atoms with E-state index >= 15 is 0 Å². The minimum atomic E-state index is -0.365. The first kappa shape index (κ1) is 11.2. The van der Waals surface area contributed by atoms with Gasteiger partial charge < -0.3 is 9.47 Å². The minimum Gasteiger partial charge on any atom is -0.315 e. The second kappa shape index (κ2) is 4.54. The molecule has 13 heavy (non-hydrogen) atoms. The van der Waals surface area contributed by atoms with Crippen LogP contribution in [0, 0.1) is 5.41 Å². The number of hydrogen-bond donors (Lipinski definition) is 0. The maximum absolute atomic E-state index is 5.68. The van der Waals surface area contributed by atoms with Gasteiger partial charge in [0.25, 0.3) is 0 Å². The lowest BCUT2D eigenvalue weighted by atomic mass is 9.84. The monoisotopic (exact) mass is 203 g/mol. The molecular weight excluding hydrogens is 183 g/mol. The van der Waals surface area contributed by atoms with E-state index in [-0.39, 0.29) is 19.0 Å². The molecule has 1 aliphatic heterocycles. The van der Waals surface area contributed by atoms with Gasteiger partial charge in [-0.05, 0) is 12.8 Å². The van der Waals surface area contributed by atoms with Gasteiger partial charge in [-0.2, -0.15) is 0 Å². The van der Waals surface area contributed by atoms with Crippen LogP contribution >= 0.6 is 7.55 Å². The van der Waals surface area contributed by atoms with Crippen molar-refractivity contribution in [3.8, 4) is 0 Å². The molecule has 0 aromatic heterocycles. The molecule has 1 heterocycles. The zero-order valence-electron chi connectivity index (χ0n) is 8.88. The van der Waals surface area contributed by atoms with Crippen LogP contribution in [-0.4, -0.2) is 32.2 Å². The summed E-state index contributed by atoms with van der Waals surface area (Å²) in [5, 5.41) is 0. The number of ether oxygens (including phenoxy) is 2.